The Bertz CT molecular complexity index is 953. The first kappa shape index (κ1) is 19.1. The summed E-state index contributed by atoms with van der Waals surface area (Å²) in [6, 6.07) is 12.2. The lowest BCUT2D eigenvalue weighted by molar-refractivity contribution is -0.118. The van der Waals surface area contributed by atoms with Gasteiger partial charge in [0.25, 0.3) is 5.91 Å². The number of nitrogens with one attached hydrogen (secondary N) is 1. The summed E-state index contributed by atoms with van der Waals surface area (Å²) in [6.07, 6.45) is 4.02. The number of anilines is 1. The first-order chi connectivity index (χ1) is 13.6. The number of ether oxygens (including phenoxy) is 2. The third-order valence-electron chi connectivity index (χ3n) is 4.08. The van der Waals surface area contributed by atoms with Crippen molar-refractivity contribution in [3.8, 4) is 11.4 Å². The second-order valence-corrected chi connectivity index (χ2v) is 5.93. The Hall–Kier alpha value is -3.68. The molecule has 0 aliphatic rings. The average molecular weight is 380 g/mol. The standard InChI is InChI=1S/C20H20N4O4/c1-3-14-4-9-18(17(10-14)24-12-21-22-13-24)28-11-19(25)23-16-7-5-15(6-8-16)20(26)27-2/h4-10,12-13H,3,11H2,1-2H3,(H,23,25). The van der Waals surface area contributed by atoms with Crippen LogP contribution in [0.15, 0.2) is 55.1 Å². The topological polar surface area (TPSA) is 95.3 Å². The highest BCUT2D eigenvalue weighted by Gasteiger charge is 2.11. The van der Waals surface area contributed by atoms with E-state index in [4.69, 9.17) is 4.74 Å². The maximum absolute atomic E-state index is 12.2. The molecule has 0 saturated carbocycles. The summed E-state index contributed by atoms with van der Waals surface area (Å²) in [4.78, 5) is 23.7. The normalized spacial score (nSPS) is 10.4. The molecule has 1 N–H and O–H groups in total. The van der Waals surface area contributed by atoms with Crippen LogP contribution in [0.3, 0.4) is 0 Å². The molecule has 1 heterocycles. The number of carbonyl (C=O) groups excluding carboxylic acids is 2. The van der Waals surface area contributed by atoms with E-state index >= 15 is 0 Å². The van der Waals surface area contributed by atoms with Crippen LogP contribution in [0, 0.1) is 0 Å². The second kappa shape index (κ2) is 8.81. The third-order valence-corrected chi connectivity index (χ3v) is 4.08. The number of benzene rings is 2. The largest absolute Gasteiger partial charge is 0.482 e. The lowest BCUT2D eigenvalue weighted by Crippen LogP contribution is -2.20. The van der Waals surface area contributed by atoms with Crippen molar-refractivity contribution in [2.75, 3.05) is 19.0 Å². The van der Waals surface area contributed by atoms with Crippen molar-refractivity contribution in [1.82, 2.24) is 14.8 Å². The van der Waals surface area contributed by atoms with Crippen LogP contribution in [0.4, 0.5) is 5.69 Å². The lowest BCUT2D eigenvalue weighted by atomic mass is 10.1. The zero-order valence-corrected chi connectivity index (χ0v) is 15.6. The molecule has 1 aromatic heterocycles. The molecule has 144 valence electrons. The van der Waals surface area contributed by atoms with E-state index in [9.17, 15) is 9.59 Å². The van der Waals surface area contributed by atoms with Gasteiger partial charge in [0.15, 0.2) is 6.61 Å². The first-order valence-electron chi connectivity index (χ1n) is 8.69. The quantitative estimate of drug-likeness (QED) is 0.633. The molecule has 3 aromatic rings. The van der Waals surface area contributed by atoms with Crippen molar-refractivity contribution in [3.05, 3.63) is 66.2 Å². The van der Waals surface area contributed by atoms with Crippen LogP contribution >= 0.6 is 0 Å². The predicted octanol–water partition coefficient (Wildman–Crippen LogP) is 2.63. The van der Waals surface area contributed by atoms with Crippen LogP contribution in [0.1, 0.15) is 22.8 Å². The minimum absolute atomic E-state index is 0.167. The predicted molar refractivity (Wildman–Crippen MR) is 103 cm³/mol. The van der Waals surface area contributed by atoms with E-state index in [1.54, 1.807) is 41.5 Å². The Morgan fingerprint density at radius 2 is 1.79 bits per heavy atom. The molecule has 0 aliphatic heterocycles. The lowest BCUT2D eigenvalue weighted by Gasteiger charge is -2.13. The minimum Gasteiger partial charge on any atom is -0.482 e. The van der Waals surface area contributed by atoms with Gasteiger partial charge in [-0.15, -0.1) is 10.2 Å². The highest BCUT2D eigenvalue weighted by atomic mass is 16.5. The fourth-order valence-corrected chi connectivity index (χ4v) is 2.58. The molecule has 2 aromatic carbocycles. The van der Waals surface area contributed by atoms with Gasteiger partial charge in [0.2, 0.25) is 0 Å². The summed E-state index contributed by atoms with van der Waals surface area (Å²) >= 11 is 0. The fraction of sp³-hybridized carbons (Fsp3) is 0.200. The molecule has 0 spiro atoms. The maximum atomic E-state index is 12.2. The summed E-state index contributed by atoms with van der Waals surface area (Å²) in [5.41, 5.74) is 2.86. The first-order valence-corrected chi connectivity index (χ1v) is 8.69. The molecule has 0 saturated heterocycles. The minimum atomic E-state index is -0.432. The Labute approximate surface area is 162 Å². The van der Waals surface area contributed by atoms with Crippen molar-refractivity contribution in [2.45, 2.75) is 13.3 Å². The van der Waals surface area contributed by atoms with Gasteiger partial charge in [-0.1, -0.05) is 13.0 Å². The van der Waals surface area contributed by atoms with Gasteiger partial charge < -0.3 is 14.8 Å². The van der Waals surface area contributed by atoms with E-state index in [0.29, 0.717) is 17.0 Å². The SMILES string of the molecule is CCc1ccc(OCC(=O)Nc2ccc(C(=O)OC)cc2)c(-n2cnnc2)c1. The van der Waals surface area contributed by atoms with E-state index in [1.165, 1.54) is 7.11 Å². The van der Waals surface area contributed by atoms with Gasteiger partial charge >= 0.3 is 5.97 Å². The van der Waals surface area contributed by atoms with Crippen molar-refractivity contribution in [2.24, 2.45) is 0 Å². The molecule has 0 atom stereocenters. The summed E-state index contributed by atoms with van der Waals surface area (Å²) in [7, 11) is 1.32. The van der Waals surface area contributed by atoms with Gasteiger partial charge in [-0.2, -0.15) is 0 Å². The number of carbonyl (C=O) groups is 2. The van der Waals surface area contributed by atoms with Crippen LogP contribution in [-0.2, 0) is 16.0 Å². The van der Waals surface area contributed by atoms with E-state index < -0.39 is 5.97 Å². The molecule has 0 radical (unpaired) electrons. The number of amides is 1. The molecule has 8 nitrogen and oxygen atoms in total. The summed E-state index contributed by atoms with van der Waals surface area (Å²) in [5, 5.41) is 10.4. The molecule has 0 unspecified atom stereocenters. The Kier molecular flexibility index (Phi) is 6.01. The Morgan fingerprint density at radius 1 is 1.07 bits per heavy atom. The number of nitrogens with zero attached hydrogens (tertiary/aromatic N) is 3. The number of aryl methyl sites for hydroxylation is 1. The second-order valence-electron chi connectivity index (χ2n) is 5.93. The van der Waals surface area contributed by atoms with Crippen molar-refractivity contribution in [3.63, 3.8) is 0 Å². The summed E-state index contributed by atoms with van der Waals surface area (Å²) < 4.78 is 12.1. The summed E-state index contributed by atoms with van der Waals surface area (Å²) in [5.74, 6) is -0.202. The van der Waals surface area contributed by atoms with Crippen LogP contribution in [0.5, 0.6) is 5.75 Å². The molecule has 0 aliphatic carbocycles. The molecule has 28 heavy (non-hydrogen) atoms. The number of esters is 1. The van der Waals surface area contributed by atoms with E-state index in [2.05, 4.69) is 27.2 Å². The molecule has 0 fully saturated rings. The van der Waals surface area contributed by atoms with Gasteiger partial charge in [0.1, 0.15) is 18.4 Å². The number of methoxy groups -OCH3 is 1. The maximum Gasteiger partial charge on any atom is 0.337 e. The highest BCUT2D eigenvalue weighted by Crippen LogP contribution is 2.24. The van der Waals surface area contributed by atoms with Crippen molar-refractivity contribution >= 4 is 17.6 Å². The molecular formula is C20H20N4O4. The number of aromatic nitrogens is 3. The number of hydrogen-bond donors (Lipinski definition) is 1. The van der Waals surface area contributed by atoms with Crippen LogP contribution in [0.2, 0.25) is 0 Å². The van der Waals surface area contributed by atoms with Gasteiger partial charge in [-0.05, 0) is 48.4 Å². The monoisotopic (exact) mass is 380 g/mol. The van der Waals surface area contributed by atoms with Crippen LogP contribution < -0.4 is 10.1 Å². The van der Waals surface area contributed by atoms with Crippen LogP contribution in [0.25, 0.3) is 5.69 Å². The zero-order valence-electron chi connectivity index (χ0n) is 15.6. The summed E-state index contributed by atoms with van der Waals surface area (Å²) in [6.45, 7) is 1.89. The fourth-order valence-electron chi connectivity index (χ4n) is 2.58. The zero-order chi connectivity index (χ0) is 19.9. The van der Waals surface area contributed by atoms with Crippen molar-refractivity contribution in [1.29, 1.82) is 0 Å². The smallest absolute Gasteiger partial charge is 0.337 e. The van der Waals surface area contributed by atoms with E-state index in [1.807, 2.05) is 18.2 Å². The average Bonchev–Trinajstić information content (AvgIpc) is 3.27. The highest BCUT2D eigenvalue weighted by molar-refractivity contribution is 5.93. The van der Waals surface area contributed by atoms with E-state index in [-0.39, 0.29) is 12.5 Å². The van der Waals surface area contributed by atoms with Gasteiger partial charge in [-0.3, -0.25) is 9.36 Å². The molecule has 8 heteroatoms. The van der Waals surface area contributed by atoms with Gasteiger partial charge in [0.05, 0.1) is 18.4 Å². The van der Waals surface area contributed by atoms with E-state index in [0.717, 1.165) is 17.7 Å². The van der Waals surface area contributed by atoms with Gasteiger partial charge in [-0.25, -0.2) is 4.79 Å². The van der Waals surface area contributed by atoms with Crippen molar-refractivity contribution < 1.29 is 19.1 Å². The molecule has 0 bridgehead atoms. The third kappa shape index (κ3) is 4.53. The molecule has 3 rings (SSSR count). The molecular weight excluding hydrogens is 360 g/mol. The van der Waals surface area contributed by atoms with Crippen LogP contribution in [-0.4, -0.2) is 40.4 Å². The Balaban J connectivity index is 1.65. The number of hydrogen-bond acceptors (Lipinski definition) is 6. The van der Waals surface area contributed by atoms with Gasteiger partial charge in [0, 0.05) is 5.69 Å². The number of rotatable bonds is 7. The molecule has 1 amide bonds. The Morgan fingerprint density at radius 3 is 2.43 bits per heavy atom.